The van der Waals surface area contributed by atoms with Gasteiger partial charge in [0.05, 0.1) is 22.6 Å². The molecular weight excluding hydrogens is 386 g/mol. The molecule has 31 heavy (non-hydrogen) atoms. The maximum absolute atomic E-state index is 13.6. The van der Waals surface area contributed by atoms with Gasteiger partial charge >= 0.3 is 0 Å². The number of carbonyl (C=O) groups is 1. The van der Waals surface area contributed by atoms with Gasteiger partial charge in [-0.2, -0.15) is 0 Å². The number of nitrogens with zero attached hydrogens (tertiary/aromatic N) is 3. The van der Waals surface area contributed by atoms with Crippen LogP contribution in [-0.2, 0) is 4.79 Å². The highest BCUT2D eigenvalue weighted by atomic mass is 16.2. The molecule has 0 saturated heterocycles. The molecule has 1 atom stereocenters. The third-order valence-electron chi connectivity index (χ3n) is 5.63. The zero-order valence-electron chi connectivity index (χ0n) is 19.3. The third kappa shape index (κ3) is 5.04. The van der Waals surface area contributed by atoms with E-state index in [-0.39, 0.29) is 17.5 Å². The number of amides is 1. The molecule has 1 amide bonds. The van der Waals surface area contributed by atoms with Crippen LogP contribution in [0.15, 0.2) is 53.3 Å². The Labute approximate surface area is 184 Å². The molecule has 0 bridgehead atoms. The zero-order valence-corrected chi connectivity index (χ0v) is 19.3. The summed E-state index contributed by atoms with van der Waals surface area (Å²) < 4.78 is 1.68. The standard InChI is InChI=1S/C26H33N3O2/c1-6-10-24(30)28(16-15-18(2)3)20(5)25-27-23-14-8-7-13-22(23)26(31)29(25)21-12-9-11-19(4)17-21/h7-9,11-14,17-18,20H,6,10,15-16H2,1-5H3. The maximum atomic E-state index is 13.6. The Kier molecular flexibility index (Phi) is 7.26. The minimum atomic E-state index is -0.324. The molecular formula is C26H33N3O2. The summed E-state index contributed by atoms with van der Waals surface area (Å²) in [4.78, 5) is 33.4. The lowest BCUT2D eigenvalue weighted by Crippen LogP contribution is -2.38. The van der Waals surface area contributed by atoms with Gasteiger partial charge in [-0.1, -0.05) is 45.0 Å². The van der Waals surface area contributed by atoms with Crippen molar-refractivity contribution in [3.05, 3.63) is 70.3 Å². The number of para-hydroxylation sites is 1. The highest BCUT2D eigenvalue weighted by Crippen LogP contribution is 2.25. The molecule has 164 valence electrons. The predicted octanol–water partition coefficient (Wildman–Crippen LogP) is 5.43. The molecule has 0 saturated carbocycles. The second kappa shape index (κ2) is 9.90. The van der Waals surface area contributed by atoms with Gasteiger partial charge in [-0.3, -0.25) is 14.2 Å². The molecule has 1 unspecified atom stereocenters. The summed E-state index contributed by atoms with van der Waals surface area (Å²) in [6, 6.07) is 15.0. The number of hydrogen-bond donors (Lipinski definition) is 0. The normalized spacial score (nSPS) is 12.3. The minimum absolute atomic E-state index is 0.105. The summed E-state index contributed by atoms with van der Waals surface area (Å²) in [6.45, 7) is 11.0. The van der Waals surface area contributed by atoms with Crippen LogP contribution < -0.4 is 5.56 Å². The summed E-state index contributed by atoms with van der Waals surface area (Å²) in [5.41, 5.74) is 2.39. The summed E-state index contributed by atoms with van der Waals surface area (Å²) in [7, 11) is 0. The number of hydrogen-bond acceptors (Lipinski definition) is 3. The molecule has 3 rings (SSSR count). The van der Waals surface area contributed by atoms with Crippen molar-refractivity contribution in [2.75, 3.05) is 6.54 Å². The quantitative estimate of drug-likeness (QED) is 0.489. The fraction of sp³-hybridized carbons (Fsp3) is 0.423. The molecule has 0 radical (unpaired) electrons. The highest BCUT2D eigenvalue weighted by molar-refractivity contribution is 5.79. The van der Waals surface area contributed by atoms with Crippen molar-refractivity contribution in [2.24, 2.45) is 5.92 Å². The first kappa shape index (κ1) is 22.7. The molecule has 0 aliphatic heterocycles. The molecule has 0 N–H and O–H groups in total. The van der Waals surface area contributed by atoms with Gasteiger partial charge in [0, 0.05) is 13.0 Å². The molecule has 5 heteroatoms. The van der Waals surface area contributed by atoms with Crippen molar-refractivity contribution in [2.45, 2.75) is 59.9 Å². The van der Waals surface area contributed by atoms with Gasteiger partial charge < -0.3 is 4.90 Å². The topological polar surface area (TPSA) is 55.2 Å². The number of fused-ring (bicyclic) bond motifs is 1. The lowest BCUT2D eigenvalue weighted by molar-refractivity contribution is -0.133. The molecule has 0 aliphatic carbocycles. The average Bonchev–Trinajstić information content (AvgIpc) is 2.73. The van der Waals surface area contributed by atoms with E-state index in [1.165, 1.54) is 0 Å². The third-order valence-corrected chi connectivity index (χ3v) is 5.63. The van der Waals surface area contributed by atoms with Crippen LogP contribution in [0.1, 0.15) is 64.4 Å². The van der Waals surface area contributed by atoms with E-state index in [1.807, 2.05) is 74.2 Å². The van der Waals surface area contributed by atoms with Crippen LogP contribution in [0, 0.1) is 12.8 Å². The number of aromatic nitrogens is 2. The highest BCUT2D eigenvalue weighted by Gasteiger charge is 2.26. The minimum Gasteiger partial charge on any atom is -0.333 e. The van der Waals surface area contributed by atoms with E-state index in [0.717, 1.165) is 24.1 Å². The second-order valence-corrected chi connectivity index (χ2v) is 8.66. The lowest BCUT2D eigenvalue weighted by atomic mass is 10.1. The second-order valence-electron chi connectivity index (χ2n) is 8.66. The van der Waals surface area contributed by atoms with Crippen molar-refractivity contribution in [3.8, 4) is 5.69 Å². The van der Waals surface area contributed by atoms with Crippen LogP contribution in [-0.4, -0.2) is 26.9 Å². The van der Waals surface area contributed by atoms with E-state index in [0.29, 0.717) is 35.6 Å². The van der Waals surface area contributed by atoms with Crippen molar-refractivity contribution >= 4 is 16.8 Å². The van der Waals surface area contributed by atoms with Gasteiger partial charge in [-0.05, 0) is 62.4 Å². The van der Waals surface area contributed by atoms with Gasteiger partial charge in [0.25, 0.3) is 5.56 Å². The zero-order chi connectivity index (χ0) is 22.5. The van der Waals surface area contributed by atoms with Gasteiger partial charge in [0.1, 0.15) is 5.82 Å². The first-order valence-corrected chi connectivity index (χ1v) is 11.2. The van der Waals surface area contributed by atoms with Crippen molar-refractivity contribution in [1.29, 1.82) is 0 Å². The molecule has 0 fully saturated rings. The van der Waals surface area contributed by atoms with Crippen molar-refractivity contribution < 1.29 is 4.79 Å². The van der Waals surface area contributed by atoms with Crippen LogP contribution >= 0.6 is 0 Å². The van der Waals surface area contributed by atoms with Crippen LogP contribution in [0.5, 0.6) is 0 Å². The molecule has 5 nitrogen and oxygen atoms in total. The summed E-state index contributed by atoms with van der Waals surface area (Å²) >= 11 is 0. The summed E-state index contributed by atoms with van der Waals surface area (Å²) in [5, 5.41) is 0.577. The molecule has 0 aliphatic rings. The lowest BCUT2D eigenvalue weighted by Gasteiger charge is -2.31. The van der Waals surface area contributed by atoms with Gasteiger partial charge in [-0.15, -0.1) is 0 Å². The summed E-state index contributed by atoms with van der Waals surface area (Å²) in [6.07, 6.45) is 2.19. The smallest absolute Gasteiger partial charge is 0.266 e. The van der Waals surface area contributed by atoms with E-state index in [1.54, 1.807) is 4.57 Å². The molecule has 0 spiro atoms. The van der Waals surface area contributed by atoms with E-state index in [4.69, 9.17) is 4.98 Å². The van der Waals surface area contributed by atoms with Crippen LogP contribution in [0.4, 0.5) is 0 Å². The first-order valence-electron chi connectivity index (χ1n) is 11.2. The number of carbonyl (C=O) groups excluding carboxylic acids is 1. The maximum Gasteiger partial charge on any atom is 0.266 e. The number of benzene rings is 2. The Morgan fingerprint density at radius 2 is 1.84 bits per heavy atom. The molecule has 1 heterocycles. The van der Waals surface area contributed by atoms with Crippen molar-refractivity contribution in [1.82, 2.24) is 14.5 Å². The van der Waals surface area contributed by atoms with E-state index < -0.39 is 0 Å². The Morgan fingerprint density at radius 1 is 1.10 bits per heavy atom. The average molecular weight is 420 g/mol. The van der Waals surface area contributed by atoms with Crippen LogP contribution in [0.3, 0.4) is 0 Å². The van der Waals surface area contributed by atoms with E-state index in [2.05, 4.69) is 13.8 Å². The Morgan fingerprint density at radius 3 is 2.52 bits per heavy atom. The molecule has 3 aromatic rings. The Hall–Kier alpha value is -2.95. The number of aryl methyl sites for hydroxylation is 1. The fourth-order valence-electron chi connectivity index (χ4n) is 3.88. The van der Waals surface area contributed by atoms with Crippen LogP contribution in [0.25, 0.3) is 16.6 Å². The number of rotatable bonds is 8. The largest absolute Gasteiger partial charge is 0.333 e. The fourth-order valence-corrected chi connectivity index (χ4v) is 3.88. The van der Waals surface area contributed by atoms with Gasteiger partial charge in [0.15, 0.2) is 0 Å². The summed E-state index contributed by atoms with van der Waals surface area (Å²) in [5.74, 6) is 1.18. The Bertz CT molecular complexity index is 1120. The van der Waals surface area contributed by atoms with E-state index in [9.17, 15) is 9.59 Å². The van der Waals surface area contributed by atoms with Gasteiger partial charge in [0.2, 0.25) is 5.91 Å². The predicted molar refractivity (Wildman–Crippen MR) is 127 cm³/mol. The van der Waals surface area contributed by atoms with E-state index >= 15 is 0 Å². The molecule has 1 aromatic heterocycles. The van der Waals surface area contributed by atoms with Crippen molar-refractivity contribution in [3.63, 3.8) is 0 Å². The SMILES string of the molecule is CCCC(=O)N(CCC(C)C)C(C)c1nc2ccccc2c(=O)n1-c1cccc(C)c1. The van der Waals surface area contributed by atoms with Crippen LogP contribution in [0.2, 0.25) is 0 Å². The monoisotopic (exact) mass is 419 g/mol. The Balaban J connectivity index is 2.21. The first-order chi connectivity index (χ1) is 14.8. The van der Waals surface area contributed by atoms with Gasteiger partial charge in [-0.25, -0.2) is 4.98 Å². The molecule has 2 aromatic carbocycles.